The zero-order valence-corrected chi connectivity index (χ0v) is 14.9. The lowest BCUT2D eigenvalue weighted by molar-refractivity contribution is 0.0743. The quantitative estimate of drug-likeness (QED) is 0.864. The van der Waals surface area contributed by atoms with Gasteiger partial charge in [-0.1, -0.05) is 0 Å². The fourth-order valence-electron chi connectivity index (χ4n) is 2.58. The van der Waals surface area contributed by atoms with Gasteiger partial charge in [-0.05, 0) is 58.0 Å². The number of sulfonamides is 1. The van der Waals surface area contributed by atoms with Gasteiger partial charge in [0.05, 0.1) is 4.90 Å². The van der Waals surface area contributed by atoms with E-state index in [0.717, 1.165) is 19.5 Å². The van der Waals surface area contributed by atoms with Crippen molar-refractivity contribution < 1.29 is 13.2 Å². The van der Waals surface area contributed by atoms with Gasteiger partial charge in [0.25, 0.3) is 5.91 Å². The van der Waals surface area contributed by atoms with Crippen LogP contribution in [0.5, 0.6) is 0 Å². The van der Waals surface area contributed by atoms with Crippen LogP contribution in [0.4, 0.5) is 0 Å². The first-order chi connectivity index (χ1) is 10.6. The van der Waals surface area contributed by atoms with Gasteiger partial charge >= 0.3 is 0 Å². The molecule has 2 rings (SSSR count). The third-order valence-electron chi connectivity index (χ3n) is 3.75. The first-order valence-electron chi connectivity index (χ1n) is 7.72. The van der Waals surface area contributed by atoms with E-state index in [2.05, 4.69) is 10.0 Å². The summed E-state index contributed by atoms with van der Waals surface area (Å²) in [6.07, 6.45) is 0.935. The Kier molecular flexibility index (Phi) is 5.13. The number of nitrogens with zero attached hydrogens (tertiary/aromatic N) is 1. The molecule has 1 saturated heterocycles. The van der Waals surface area contributed by atoms with Crippen LogP contribution in [0.15, 0.2) is 29.2 Å². The lowest BCUT2D eigenvalue weighted by Gasteiger charge is -2.24. The minimum absolute atomic E-state index is 0.0913. The lowest BCUT2D eigenvalue weighted by Crippen LogP contribution is -2.40. The van der Waals surface area contributed by atoms with E-state index >= 15 is 0 Å². The normalized spacial score (nSPS) is 18.9. The summed E-state index contributed by atoms with van der Waals surface area (Å²) in [6, 6.07) is 6.27. The Hall–Kier alpha value is -1.44. The van der Waals surface area contributed by atoms with Crippen LogP contribution < -0.4 is 10.0 Å². The number of nitrogens with one attached hydrogen (secondary N) is 2. The monoisotopic (exact) mass is 339 g/mol. The van der Waals surface area contributed by atoms with Gasteiger partial charge in [-0.15, -0.1) is 0 Å². The second-order valence-corrected chi connectivity index (χ2v) is 8.62. The first kappa shape index (κ1) is 17.9. The summed E-state index contributed by atoms with van der Waals surface area (Å²) < 4.78 is 27.1. The maximum atomic E-state index is 12.5. The zero-order valence-electron chi connectivity index (χ0n) is 14.1. The molecule has 7 heteroatoms. The highest BCUT2D eigenvalue weighted by molar-refractivity contribution is 7.89. The number of carbonyl (C=O) groups excluding carboxylic acids is 1. The largest absolute Gasteiger partial charge is 0.337 e. The molecule has 128 valence electrons. The SMILES string of the molecule is CN(C(=O)c1ccc(S(=O)(=O)NC(C)(C)C)cc1)C1CCNC1. The average molecular weight is 339 g/mol. The summed E-state index contributed by atoms with van der Waals surface area (Å²) in [5.74, 6) is -0.0913. The number of amides is 1. The Morgan fingerprint density at radius 2 is 1.87 bits per heavy atom. The summed E-state index contributed by atoms with van der Waals surface area (Å²) >= 11 is 0. The van der Waals surface area contributed by atoms with Crippen molar-refractivity contribution in [2.24, 2.45) is 0 Å². The molecule has 1 heterocycles. The predicted molar refractivity (Wildman–Crippen MR) is 89.9 cm³/mol. The summed E-state index contributed by atoms with van der Waals surface area (Å²) in [7, 11) is -1.80. The van der Waals surface area contributed by atoms with Crippen LogP contribution in [0.1, 0.15) is 37.6 Å². The van der Waals surface area contributed by atoms with Crippen LogP contribution in [0.25, 0.3) is 0 Å². The molecule has 0 radical (unpaired) electrons. The van der Waals surface area contributed by atoms with E-state index in [9.17, 15) is 13.2 Å². The lowest BCUT2D eigenvalue weighted by atomic mass is 10.1. The highest BCUT2D eigenvalue weighted by Gasteiger charge is 2.25. The van der Waals surface area contributed by atoms with Crippen LogP contribution in [-0.4, -0.2) is 50.9 Å². The topological polar surface area (TPSA) is 78.5 Å². The molecule has 0 saturated carbocycles. The summed E-state index contributed by atoms with van der Waals surface area (Å²) in [5.41, 5.74) is -0.0580. The fraction of sp³-hybridized carbons (Fsp3) is 0.562. The Bertz CT molecular complexity index is 657. The molecule has 1 aromatic rings. The van der Waals surface area contributed by atoms with Crippen LogP contribution in [0, 0.1) is 0 Å². The molecule has 1 fully saturated rings. The summed E-state index contributed by atoms with van der Waals surface area (Å²) in [5, 5.41) is 3.23. The van der Waals surface area contributed by atoms with Gasteiger partial charge in [-0.3, -0.25) is 4.79 Å². The number of likely N-dealkylation sites (N-methyl/N-ethyl adjacent to an activating group) is 1. The first-order valence-corrected chi connectivity index (χ1v) is 9.20. The van der Waals surface area contributed by atoms with Gasteiger partial charge < -0.3 is 10.2 Å². The van der Waals surface area contributed by atoms with Gasteiger partial charge in [0.1, 0.15) is 0 Å². The maximum absolute atomic E-state index is 12.5. The molecule has 1 unspecified atom stereocenters. The molecule has 1 atom stereocenters. The van der Waals surface area contributed by atoms with E-state index in [1.165, 1.54) is 12.1 Å². The average Bonchev–Trinajstić information content (AvgIpc) is 2.97. The molecule has 0 bridgehead atoms. The highest BCUT2D eigenvalue weighted by atomic mass is 32.2. The van der Waals surface area contributed by atoms with Crippen molar-refractivity contribution in [1.29, 1.82) is 0 Å². The molecule has 1 aliphatic heterocycles. The maximum Gasteiger partial charge on any atom is 0.253 e. The van der Waals surface area contributed by atoms with Gasteiger partial charge in [0.15, 0.2) is 0 Å². The van der Waals surface area contributed by atoms with Crippen molar-refractivity contribution in [3.63, 3.8) is 0 Å². The zero-order chi connectivity index (χ0) is 17.3. The van der Waals surface area contributed by atoms with Crippen molar-refractivity contribution in [2.45, 2.75) is 43.7 Å². The smallest absolute Gasteiger partial charge is 0.253 e. The van der Waals surface area contributed by atoms with E-state index in [-0.39, 0.29) is 16.8 Å². The minimum Gasteiger partial charge on any atom is -0.337 e. The standard InChI is InChI=1S/C16H25N3O3S/c1-16(2,3)18-23(21,22)14-7-5-12(6-8-14)15(20)19(4)13-9-10-17-11-13/h5-8,13,17-18H,9-11H2,1-4H3. The Labute approximate surface area is 138 Å². The second kappa shape index (κ2) is 6.59. The Morgan fingerprint density at radius 1 is 1.26 bits per heavy atom. The van der Waals surface area contributed by atoms with E-state index in [1.54, 1.807) is 44.9 Å². The molecule has 1 aromatic carbocycles. The van der Waals surface area contributed by atoms with E-state index in [1.807, 2.05) is 0 Å². The van der Waals surface area contributed by atoms with Crippen LogP contribution >= 0.6 is 0 Å². The van der Waals surface area contributed by atoms with Gasteiger partial charge in [-0.2, -0.15) is 0 Å². The minimum atomic E-state index is -3.58. The molecule has 23 heavy (non-hydrogen) atoms. The van der Waals surface area contributed by atoms with Gasteiger partial charge in [0.2, 0.25) is 10.0 Å². The molecular formula is C16H25N3O3S. The van der Waals surface area contributed by atoms with Crippen molar-refractivity contribution in [3.8, 4) is 0 Å². The highest BCUT2D eigenvalue weighted by Crippen LogP contribution is 2.16. The van der Waals surface area contributed by atoms with Crippen LogP contribution in [-0.2, 0) is 10.0 Å². The third-order valence-corrected chi connectivity index (χ3v) is 5.53. The number of hydrogen-bond acceptors (Lipinski definition) is 4. The number of carbonyl (C=O) groups is 1. The molecular weight excluding hydrogens is 314 g/mol. The van der Waals surface area contributed by atoms with Crippen LogP contribution in [0.2, 0.25) is 0 Å². The summed E-state index contributed by atoms with van der Waals surface area (Å²) in [6.45, 7) is 7.06. The molecule has 0 spiro atoms. The molecule has 2 N–H and O–H groups in total. The second-order valence-electron chi connectivity index (χ2n) is 6.94. The summed E-state index contributed by atoms with van der Waals surface area (Å²) in [4.78, 5) is 14.3. The molecule has 1 amide bonds. The number of rotatable bonds is 4. The Morgan fingerprint density at radius 3 is 2.35 bits per heavy atom. The number of hydrogen-bond donors (Lipinski definition) is 2. The molecule has 0 aromatic heterocycles. The van der Waals surface area contributed by atoms with Gasteiger partial charge in [0, 0.05) is 30.7 Å². The molecule has 6 nitrogen and oxygen atoms in total. The fourth-order valence-corrected chi connectivity index (χ4v) is 4.00. The van der Waals surface area contributed by atoms with Crippen molar-refractivity contribution in [1.82, 2.24) is 14.9 Å². The van der Waals surface area contributed by atoms with Crippen molar-refractivity contribution >= 4 is 15.9 Å². The van der Waals surface area contributed by atoms with E-state index in [0.29, 0.717) is 5.56 Å². The molecule has 1 aliphatic rings. The van der Waals surface area contributed by atoms with Crippen molar-refractivity contribution in [2.75, 3.05) is 20.1 Å². The van der Waals surface area contributed by atoms with Crippen molar-refractivity contribution in [3.05, 3.63) is 29.8 Å². The Balaban J connectivity index is 2.14. The van der Waals surface area contributed by atoms with E-state index in [4.69, 9.17) is 0 Å². The predicted octanol–water partition coefficient (Wildman–Crippen LogP) is 1.20. The molecule has 0 aliphatic carbocycles. The van der Waals surface area contributed by atoms with E-state index < -0.39 is 15.6 Å². The van der Waals surface area contributed by atoms with Gasteiger partial charge in [-0.25, -0.2) is 13.1 Å². The van der Waals surface area contributed by atoms with Crippen LogP contribution in [0.3, 0.4) is 0 Å². The number of benzene rings is 1. The third kappa shape index (κ3) is 4.53.